The minimum Gasteiger partial charge on any atom is -0.464 e. The maximum Gasteiger partial charge on any atom is 0.231 e. The number of rotatable bonds is 3. The Hall–Kier alpha value is -4.25. The van der Waals surface area contributed by atoms with Gasteiger partial charge in [0.2, 0.25) is 13.0 Å². The van der Waals surface area contributed by atoms with Crippen LogP contribution in [0.25, 0.3) is 11.1 Å². The molecule has 0 aliphatic carbocycles. The lowest BCUT2D eigenvalue weighted by molar-refractivity contribution is -0.0191. The lowest BCUT2D eigenvalue weighted by Crippen LogP contribution is -2.33. The second kappa shape index (κ2) is 7.66. The molecule has 0 aromatic heterocycles. The molecule has 34 heavy (non-hydrogen) atoms. The fourth-order valence-electron chi connectivity index (χ4n) is 4.98. The smallest absolute Gasteiger partial charge is 0.231 e. The Labute approximate surface area is 197 Å². The molecule has 5 heteroatoms. The van der Waals surface area contributed by atoms with E-state index < -0.39 is 0 Å². The molecule has 7 rings (SSSR count). The zero-order valence-electron chi connectivity index (χ0n) is 18.4. The standard InChI is InChI=1S/C29H22N2O3/c1-2-6-19(7-3-1)20-10-12-21(13-11-20)24-17-25-23-8-4-5-9-26(23)34-29(31(25)30-24)22-14-15-27-28(16-22)33-18-32-27/h1-16,25,29H,17-18H2/t25-,29-/m1/s1. The molecular formula is C29H22N2O3. The van der Waals surface area contributed by atoms with Crippen LogP contribution in [0.2, 0.25) is 0 Å². The van der Waals surface area contributed by atoms with E-state index in [9.17, 15) is 0 Å². The van der Waals surface area contributed by atoms with Gasteiger partial charge in [0.1, 0.15) is 5.75 Å². The predicted octanol–water partition coefficient (Wildman–Crippen LogP) is 6.32. The van der Waals surface area contributed by atoms with Gasteiger partial charge in [-0.15, -0.1) is 0 Å². The molecule has 4 aromatic rings. The highest BCUT2D eigenvalue weighted by atomic mass is 16.7. The summed E-state index contributed by atoms with van der Waals surface area (Å²) in [6, 6.07) is 33.5. The Kier molecular flexibility index (Phi) is 4.34. The number of hydrazone groups is 1. The average Bonchev–Trinajstić information content (AvgIpc) is 3.56. The summed E-state index contributed by atoms with van der Waals surface area (Å²) in [4.78, 5) is 0. The molecule has 0 bridgehead atoms. The maximum absolute atomic E-state index is 6.48. The van der Waals surface area contributed by atoms with Crippen LogP contribution in [0.3, 0.4) is 0 Å². The molecule has 166 valence electrons. The Bertz CT molecular complexity index is 1400. The van der Waals surface area contributed by atoms with Gasteiger partial charge in [0.25, 0.3) is 0 Å². The number of hydrogen-bond acceptors (Lipinski definition) is 5. The number of fused-ring (bicyclic) bond motifs is 4. The summed E-state index contributed by atoms with van der Waals surface area (Å²) < 4.78 is 17.6. The zero-order chi connectivity index (χ0) is 22.5. The van der Waals surface area contributed by atoms with Gasteiger partial charge in [-0.2, -0.15) is 5.10 Å². The topological polar surface area (TPSA) is 43.3 Å². The molecule has 0 radical (unpaired) electrons. The fraction of sp³-hybridized carbons (Fsp3) is 0.138. The summed E-state index contributed by atoms with van der Waals surface area (Å²) in [5.41, 5.74) is 6.77. The first-order valence-electron chi connectivity index (χ1n) is 11.5. The highest BCUT2D eigenvalue weighted by Gasteiger charge is 2.41. The molecule has 3 heterocycles. The molecule has 0 unspecified atom stereocenters. The van der Waals surface area contributed by atoms with Gasteiger partial charge in [-0.25, -0.2) is 5.01 Å². The molecule has 3 aliphatic heterocycles. The Morgan fingerprint density at radius 3 is 2.29 bits per heavy atom. The van der Waals surface area contributed by atoms with Crippen molar-refractivity contribution in [3.8, 4) is 28.4 Å². The second-order valence-corrected chi connectivity index (χ2v) is 8.71. The van der Waals surface area contributed by atoms with Gasteiger partial charge in [-0.1, -0.05) is 72.8 Å². The van der Waals surface area contributed by atoms with Gasteiger partial charge in [0, 0.05) is 17.5 Å². The molecule has 0 amide bonds. The van der Waals surface area contributed by atoms with Gasteiger partial charge in [0.15, 0.2) is 11.5 Å². The zero-order valence-corrected chi connectivity index (χ0v) is 18.4. The Morgan fingerprint density at radius 2 is 1.41 bits per heavy atom. The molecule has 0 fully saturated rings. The van der Waals surface area contributed by atoms with E-state index >= 15 is 0 Å². The van der Waals surface area contributed by atoms with Crippen LogP contribution in [0.5, 0.6) is 17.2 Å². The summed E-state index contributed by atoms with van der Waals surface area (Å²) in [7, 11) is 0. The third-order valence-corrected chi connectivity index (χ3v) is 6.71. The van der Waals surface area contributed by atoms with Gasteiger partial charge in [0.05, 0.1) is 11.8 Å². The van der Waals surface area contributed by atoms with Crippen LogP contribution in [0, 0.1) is 0 Å². The first-order chi connectivity index (χ1) is 16.8. The number of ether oxygens (including phenoxy) is 3. The number of para-hydroxylation sites is 1. The van der Waals surface area contributed by atoms with Crippen molar-refractivity contribution in [2.45, 2.75) is 18.7 Å². The largest absolute Gasteiger partial charge is 0.464 e. The van der Waals surface area contributed by atoms with E-state index in [2.05, 4.69) is 65.7 Å². The van der Waals surface area contributed by atoms with E-state index in [0.717, 1.165) is 40.5 Å². The number of hydrogen-bond donors (Lipinski definition) is 0. The summed E-state index contributed by atoms with van der Waals surface area (Å²) in [5.74, 6) is 2.42. The monoisotopic (exact) mass is 446 g/mol. The van der Waals surface area contributed by atoms with Crippen LogP contribution in [0.4, 0.5) is 0 Å². The average molecular weight is 447 g/mol. The van der Waals surface area contributed by atoms with Crippen molar-refractivity contribution in [2.75, 3.05) is 6.79 Å². The highest BCUT2D eigenvalue weighted by molar-refractivity contribution is 6.02. The van der Waals surface area contributed by atoms with Crippen molar-refractivity contribution in [3.05, 3.63) is 114 Å². The third-order valence-electron chi connectivity index (χ3n) is 6.71. The molecule has 0 saturated carbocycles. The molecular weight excluding hydrogens is 424 g/mol. The summed E-state index contributed by atoms with van der Waals surface area (Å²) in [5, 5.41) is 7.18. The van der Waals surface area contributed by atoms with E-state index in [4.69, 9.17) is 19.3 Å². The fourth-order valence-corrected chi connectivity index (χ4v) is 4.98. The normalized spacial score (nSPS) is 19.8. The predicted molar refractivity (Wildman–Crippen MR) is 130 cm³/mol. The number of nitrogens with zero attached hydrogens (tertiary/aromatic N) is 2. The van der Waals surface area contributed by atoms with Gasteiger partial charge < -0.3 is 14.2 Å². The van der Waals surface area contributed by atoms with Crippen LogP contribution in [0.15, 0.2) is 102 Å². The lowest BCUT2D eigenvalue weighted by atomic mass is 9.95. The molecule has 5 nitrogen and oxygen atoms in total. The molecule has 0 N–H and O–H groups in total. The second-order valence-electron chi connectivity index (χ2n) is 8.71. The lowest BCUT2D eigenvalue weighted by Gasteiger charge is -2.38. The van der Waals surface area contributed by atoms with Crippen molar-refractivity contribution >= 4 is 5.71 Å². The van der Waals surface area contributed by atoms with E-state index in [-0.39, 0.29) is 19.1 Å². The Balaban J connectivity index is 1.26. The van der Waals surface area contributed by atoms with Crippen molar-refractivity contribution in [2.24, 2.45) is 5.10 Å². The van der Waals surface area contributed by atoms with E-state index in [1.807, 2.05) is 36.4 Å². The van der Waals surface area contributed by atoms with Gasteiger partial charge >= 0.3 is 0 Å². The van der Waals surface area contributed by atoms with Crippen LogP contribution >= 0.6 is 0 Å². The first-order valence-corrected chi connectivity index (χ1v) is 11.5. The van der Waals surface area contributed by atoms with Crippen molar-refractivity contribution in [3.63, 3.8) is 0 Å². The summed E-state index contributed by atoms with van der Waals surface area (Å²) in [6.07, 6.45) is 0.488. The SMILES string of the molecule is c1ccc(-c2ccc(C3=NN4[C@H](C3)c3ccccc3O[C@@H]4c3ccc4c(c3)OCO4)cc2)cc1. The van der Waals surface area contributed by atoms with Crippen LogP contribution in [-0.4, -0.2) is 17.5 Å². The maximum atomic E-state index is 6.48. The van der Waals surface area contributed by atoms with Gasteiger partial charge in [-0.05, 0) is 41.0 Å². The van der Waals surface area contributed by atoms with Crippen molar-refractivity contribution in [1.29, 1.82) is 0 Å². The van der Waals surface area contributed by atoms with Crippen molar-refractivity contribution in [1.82, 2.24) is 5.01 Å². The minimum atomic E-state index is -0.338. The molecule has 2 atom stereocenters. The summed E-state index contributed by atoms with van der Waals surface area (Å²) in [6.45, 7) is 0.251. The molecule has 4 aromatic carbocycles. The van der Waals surface area contributed by atoms with E-state index in [0.29, 0.717) is 0 Å². The van der Waals surface area contributed by atoms with Crippen LogP contribution in [-0.2, 0) is 0 Å². The van der Waals surface area contributed by atoms with Crippen LogP contribution in [0.1, 0.15) is 35.4 Å². The summed E-state index contributed by atoms with van der Waals surface area (Å²) >= 11 is 0. The molecule has 3 aliphatic rings. The number of benzene rings is 4. The van der Waals surface area contributed by atoms with Gasteiger partial charge in [-0.3, -0.25) is 0 Å². The van der Waals surface area contributed by atoms with E-state index in [1.54, 1.807) is 0 Å². The Morgan fingerprint density at radius 1 is 0.676 bits per heavy atom. The first kappa shape index (κ1) is 19.2. The molecule has 0 spiro atoms. The quantitative estimate of drug-likeness (QED) is 0.369. The molecule has 0 saturated heterocycles. The third kappa shape index (κ3) is 3.12. The highest BCUT2D eigenvalue weighted by Crippen LogP contribution is 2.48. The van der Waals surface area contributed by atoms with Crippen molar-refractivity contribution < 1.29 is 14.2 Å². The van der Waals surface area contributed by atoms with Crippen LogP contribution < -0.4 is 14.2 Å². The van der Waals surface area contributed by atoms with E-state index in [1.165, 1.54) is 16.7 Å². The minimum absolute atomic E-state index is 0.115.